The van der Waals surface area contributed by atoms with Gasteiger partial charge in [-0.1, -0.05) is 6.08 Å². The highest BCUT2D eigenvalue weighted by Gasteiger charge is 2.32. The Bertz CT molecular complexity index is 983. The fourth-order valence-electron chi connectivity index (χ4n) is 3.88. The van der Waals surface area contributed by atoms with E-state index in [9.17, 15) is 8.42 Å². The Morgan fingerprint density at radius 2 is 2.11 bits per heavy atom. The van der Waals surface area contributed by atoms with Crippen molar-refractivity contribution in [2.75, 3.05) is 31.3 Å². The lowest BCUT2D eigenvalue weighted by molar-refractivity contribution is 0.171. The van der Waals surface area contributed by atoms with Crippen LogP contribution in [0.4, 0.5) is 0 Å². The zero-order valence-electron chi connectivity index (χ0n) is 16.0. The first-order valence-electron chi connectivity index (χ1n) is 9.43. The largest absolute Gasteiger partial charge is 0.486 e. The van der Waals surface area contributed by atoms with Gasteiger partial charge < -0.3 is 9.47 Å². The molecule has 2 aliphatic heterocycles. The van der Waals surface area contributed by atoms with Gasteiger partial charge in [-0.25, -0.2) is 8.42 Å². The van der Waals surface area contributed by atoms with Crippen molar-refractivity contribution in [3.05, 3.63) is 42.6 Å². The minimum atomic E-state index is -2.95. The topological polar surface area (TPSA) is 73.7 Å². The van der Waals surface area contributed by atoms with E-state index in [1.54, 1.807) is 4.68 Å². The molecule has 4 rings (SSSR count). The van der Waals surface area contributed by atoms with Gasteiger partial charge in [0.1, 0.15) is 13.2 Å². The molecule has 150 valence electrons. The van der Waals surface area contributed by atoms with Crippen LogP contribution in [0.3, 0.4) is 0 Å². The molecule has 0 radical (unpaired) electrons. The third-order valence-corrected chi connectivity index (χ3v) is 6.93. The first-order valence-corrected chi connectivity index (χ1v) is 11.3. The van der Waals surface area contributed by atoms with Gasteiger partial charge in [-0.3, -0.25) is 9.58 Å². The molecule has 2 aliphatic rings. The van der Waals surface area contributed by atoms with E-state index in [0.29, 0.717) is 32.7 Å². The maximum atomic E-state index is 11.9. The Kier molecular flexibility index (Phi) is 5.16. The molecule has 7 nitrogen and oxygen atoms in total. The van der Waals surface area contributed by atoms with Gasteiger partial charge in [0.15, 0.2) is 21.3 Å². The minimum absolute atomic E-state index is 0.0105. The molecule has 0 aliphatic carbocycles. The van der Waals surface area contributed by atoms with Crippen molar-refractivity contribution >= 4 is 9.84 Å². The smallest absolute Gasteiger partial charge is 0.162 e. The molecule has 1 aromatic heterocycles. The average molecular weight is 404 g/mol. The van der Waals surface area contributed by atoms with Gasteiger partial charge in [0.05, 0.1) is 17.2 Å². The maximum Gasteiger partial charge on any atom is 0.162 e. The highest BCUT2D eigenvalue weighted by molar-refractivity contribution is 7.91. The van der Waals surface area contributed by atoms with Crippen molar-refractivity contribution in [2.45, 2.75) is 19.0 Å². The Morgan fingerprint density at radius 3 is 2.82 bits per heavy atom. The highest BCUT2D eigenvalue weighted by atomic mass is 32.2. The fourth-order valence-corrected chi connectivity index (χ4v) is 5.64. The summed E-state index contributed by atoms with van der Waals surface area (Å²) in [6.07, 6.45) is 4.48. The molecule has 1 atom stereocenters. The zero-order valence-corrected chi connectivity index (χ0v) is 16.8. The summed E-state index contributed by atoms with van der Waals surface area (Å²) in [7, 11) is -1.05. The summed E-state index contributed by atoms with van der Waals surface area (Å²) in [6, 6.07) is 5.86. The number of nitrogens with zero attached hydrogens (tertiary/aromatic N) is 3. The van der Waals surface area contributed by atoms with E-state index in [-0.39, 0.29) is 17.5 Å². The molecule has 0 spiro atoms. The number of aryl methyl sites for hydroxylation is 1. The van der Waals surface area contributed by atoms with Gasteiger partial charge in [0.2, 0.25) is 0 Å². The first kappa shape index (κ1) is 19.0. The van der Waals surface area contributed by atoms with Crippen LogP contribution in [0.25, 0.3) is 11.3 Å². The molecule has 2 aromatic rings. The predicted octanol–water partition coefficient (Wildman–Crippen LogP) is 2.03. The Balaban J connectivity index is 1.62. The lowest BCUT2D eigenvalue weighted by Crippen LogP contribution is -2.35. The number of rotatable bonds is 6. The van der Waals surface area contributed by atoms with Crippen LogP contribution in [-0.2, 0) is 23.4 Å². The zero-order chi connectivity index (χ0) is 19.7. The summed E-state index contributed by atoms with van der Waals surface area (Å²) in [5.41, 5.74) is 2.87. The number of benzene rings is 1. The molecule has 8 heteroatoms. The number of fused-ring (bicyclic) bond motifs is 1. The summed E-state index contributed by atoms with van der Waals surface area (Å²) in [5.74, 6) is 1.94. The van der Waals surface area contributed by atoms with E-state index in [2.05, 4.69) is 16.6 Å². The summed E-state index contributed by atoms with van der Waals surface area (Å²) < 4.78 is 37.0. The van der Waals surface area contributed by atoms with Gasteiger partial charge in [-0.05, 0) is 24.6 Å². The molecule has 1 fully saturated rings. The van der Waals surface area contributed by atoms with Crippen molar-refractivity contribution < 1.29 is 17.9 Å². The molecular weight excluding hydrogens is 378 g/mol. The standard InChI is InChI=1S/C20H25N3O4S/c1-3-7-23(17-6-10-28(24,25)14-17)13-16-12-22(2)21-20(16)15-4-5-18-19(11-15)27-9-8-26-18/h3-5,11-12,17H,1,6-10,13-14H2,2H3. The van der Waals surface area contributed by atoms with Gasteiger partial charge in [-0.2, -0.15) is 5.10 Å². The molecule has 0 N–H and O–H groups in total. The lowest BCUT2D eigenvalue weighted by atomic mass is 10.1. The van der Waals surface area contributed by atoms with E-state index in [4.69, 9.17) is 9.47 Å². The molecule has 1 aromatic carbocycles. The van der Waals surface area contributed by atoms with Gasteiger partial charge in [0.25, 0.3) is 0 Å². The van der Waals surface area contributed by atoms with E-state index in [1.807, 2.05) is 37.5 Å². The van der Waals surface area contributed by atoms with Crippen molar-refractivity contribution in [3.63, 3.8) is 0 Å². The second-order valence-corrected chi connectivity index (χ2v) is 9.54. The monoisotopic (exact) mass is 403 g/mol. The summed E-state index contributed by atoms with van der Waals surface area (Å²) in [4.78, 5) is 2.18. The van der Waals surface area contributed by atoms with Crippen molar-refractivity contribution in [1.29, 1.82) is 0 Å². The van der Waals surface area contributed by atoms with Crippen LogP contribution < -0.4 is 9.47 Å². The molecule has 0 amide bonds. The fraction of sp³-hybridized carbons (Fsp3) is 0.450. The second-order valence-electron chi connectivity index (χ2n) is 7.31. The third-order valence-electron chi connectivity index (χ3n) is 5.18. The van der Waals surface area contributed by atoms with E-state index in [1.165, 1.54) is 0 Å². The summed E-state index contributed by atoms with van der Waals surface area (Å²) >= 11 is 0. The first-order chi connectivity index (χ1) is 13.4. The van der Waals surface area contributed by atoms with Crippen LogP contribution in [0, 0.1) is 0 Å². The van der Waals surface area contributed by atoms with Gasteiger partial charge >= 0.3 is 0 Å². The van der Waals surface area contributed by atoms with Crippen molar-refractivity contribution in [3.8, 4) is 22.8 Å². The van der Waals surface area contributed by atoms with Crippen LogP contribution in [0.15, 0.2) is 37.1 Å². The quantitative estimate of drug-likeness (QED) is 0.687. The number of sulfone groups is 1. The van der Waals surface area contributed by atoms with Crippen LogP contribution >= 0.6 is 0 Å². The van der Waals surface area contributed by atoms with Crippen LogP contribution in [0.1, 0.15) is 12.0 Å². The summed E-state index contributed by atoms with van der Waals surface area (Å²) in [5, 5.41) is 4.65. The SMILES string of the molecule is C=CCN(Cc1cn(C)nc1-c1ccc2c(c1)OCCO2)C1CCS(=O)(=O)C1. The van der Waals surface area contributed by atoms with Gasteiger partial charge in [0, 0.05) is 43.5 Å². The van der Waals surface area contributed by atoms with Crippen molar-refractivity contribution in [1.82, 2.24) is 14.7 Å². The van der Waals surface area contributed by atoms with Gasteiger partial charge in [-0.15, -0.1) is 6.58 Å². The number of hydrogen-bond donors (Lipinski definition) is 0. The van der Waals surface area contributed by atoms with Crippen LogP contribution in [0.2, 0.25) is 0 Å². The Hall–Kier alpha value is -2.32. The molecule has 0 saturated carbocycles. The molecular formula is C20H25N3O4S. The number of ether oxygens (including phenoxy) is 2. The molecule has 0 bridgehead atoms. The van der Waals surface area contributed by atoms with E-state index in [0.717, 1.165) is 28.3 Å². The molecule has 1 saturated heterocycles. The average Bonchev–Trinajstić information content (AvgIpc) is 3.22. The minimum Gasteiger partial charge on any atom is -0.486 e. The number of aromatic nitrogens is 2. The number of hydrogen-bond acceptors (Lipinski definition) is 6. The third kappa shape index (κ3) is 3.93. The maximum absolute atomic E-state index is 11.9. The molecule has 28 heavy (non-hydrogen) atoms. The Labute approximate surface area is 165 Å². The van der Waals surface area contributed by atoms with Crippen LogP contribution in [-0.4, -0.2) is 60.4 Å². The normalized spacial score (nSPS) is 20.4. The highest BCUT2D eigenvalue weighted by Crippen LogP contribution is 2.35. The molecule has 3 heterocycles. The van der Waals surface area contributed by atoms with E-state index < -0.39 is 9.84 Å². The second kappa shape index (κ2) is 7.60. The van der Waals surface area contributed by atoms with Crippen molar-refractivity contribution in [2.24, 2.45) is 7.05 Å². The molecule has 1 unspecified atom stereocenters. The lowest BCUT2D eigenvalue weighted by Gasteiger charge is -2.26. The predicted molar refractivity (Wildman–Crippen MR) is 107 cm³/mol. The van der Waals surface area contributed by atoms with E-state index >= 15 is 0 Å². The van der Waals surface area contributed by atoms with Crippen LogP contribution in [0.5, 0.6) is 11.5 Å². The summed E-state index contributed by atoms with van der Waals surface area (Å²) in [6.45, 7) is 6.19. The Morgan fingerprint density at radius 1 is 1.32 bits per heavy atom.